The van der Waals surface area contributed by atoms with Crippen LogP contribution in [-0.2, 0) is 11.3 Å². The Morgan fingerprint density at radius 1 is 1.36 bits per heavy atom. The first-order chi connectivity index (χ1) is 12.1. The molecule has 1 amide bonds. The highest BCUT2D eigenvalue weighted by atomic mass is 16.5. The summed E-state index contributed by atoms with van der Waals surface area (Å²) in [5, 5.41) is 17.7. The SMILES string of the molecule is COCc1c(C(=O)Nc2cc(OC)ccc2-n2cnnn2)noc1C. The minimum atomic E-state index is -0.438. The van der Waals surface area contributed by atoms with Crippen molar-refractivity contribution in [3.05, 3.63) is 41.5 Å². The second-order valence-corrected chi connectivity index (χ2v) is 5.09. The first-order valence-electron chi connectivity index (χ1n) is 7.31. The van der Waals surface area contributed by atoms with Gasteiger partial charge in [0, 0.05) is 13.2 Å². The molecule has 2 aromatic heterocycles. The molecule has 3 aromatic rings. The van der Waals surface area contributed by atoms with Crippen LogP contribution in [0.3, 0.4) is 0 Å². The number of benzene rings is 1. The zero-order chi connectivity index (χ0) is 17.8. The van der Waals surface area contributed by atoms with Gasteiger partial charge in [-0.1, -0.05) is 5.16 Å². The number of carbonyl (C=O) groups excluding carboxylic acids is 1. The molecular weight excluding hydrogens is 328 g/mol. The smallest absolute Gasteiger partial charge is 0.278 e. The van der Waals surface area contributed by atoms with E-state index < -0.39 is 5.91 Å². The molecule has 0 saturated carbocycles. The average molecular weight is 344 g/mol. The number of tetrazole rings is 1. The molecular formula is C15H16N6O4. The molecule has 0 aliphatic heterocycles. The zero-order valence-electron chi connectivity index (χ0n) is 13.9. The summed E-state index contributed by atoms with van der Waals surface area (Å²) in [6, 6.07) is 5.13. The molecule has 1 N–H and O–H groups in total. The summed E-state index contributed by atoms with van der Waals surface area (Å²) in [5.74, 6) is 0.658. The molecule has 0 aliphatic rings. The van der Waals surface area contributed by atoms with Crippen LogP contribution in [0.2, 0.25) is 0 Å². The van der Waals surface area contributed by atoms with Crippen LogP contribution in [-0.4, -0.2) is 45.5 Å². The fraction of sp³-hybridized carbons (Fsp3) is 0.267. The maximum Gasteiger partial charge on any atom is 0.278 e. The molecule has 10 heteroatoms. The number of methoxy groups -OCH3 is 2. The summed E-state index contributed by atoms with van der Waals surface area (Å²) in [4.78, 5) is 12.7. The molecule has 0 bridgehead atoms. The number of amides is 1. The van der Waals surface area contributed by atoms with Crippen LogP contribution in [0.15, 0.2) is 29.0 Å². The molecule has 10 nitrogen and oxygen atoms in total. The molecule has 0 atom stereocenters. The van der Waals surface area contributed by atoms with E-state index in [1.54, 1.807) is 25.1 Å². The van der Waals surface area contributed by atoms with E-state index in [1.165, 1.54) is 25.2 Å². The van der Waals surface area contributed by atoms with Crippen LogP contribution in [0.25, 0.3) is 5.69 Å². The summed E-state index contributed by atoms with van der Waals surface area (Å²) in [7, 11) is 3.07. The van der Waals surface area contributed by atoms with Crippen LogP contribution in [0.5, 0.6) is 5.75 Å². The summed E-state index contributed by atoms with van der Waals surface area (Å²) in [6.45, 7) is 1.94. The molecule has 0 aliphatic carbocycles. The maximum absolute atomic E-state index is 12.7. The predicted molar refractivity (Wildman–Crippen MR) is 85.6 cm³/mol. The summed E-state index contributed by atoms with van der Waals surface area (Å²) in [5.41, 5.74) is 1.78. The van der Waals surface area contributed by atoms with Gasteiger partial charge in [0.1, 0.15) is 17.8 Å². The minimum Gasteiger partial charge on any atom is -0.497 e. The third kappa shape index (κ3) is 3.33. The van der Waals surface area contributed by atoms with Crippen LogP contribution in [0, 0.1) is 6.92 Å². The van der Waals surface area contributed by atoms with Gasteiger partial charge in [0.15, 0.2) is 5.69 Å². The van der Waals surface area contributed by atoms with Crippen molar-refractivity contribution >= 4 is 11.6 Å². The second kappa shape index (κ2) is 7.09. The minimum absolute atomic E-state index is 0.157. The van der Waals surface area contributed by atoms with Gasteiger partial charge in [0.05, 0.1) is 30.7 Å². The molecule has 130 valence electrons. The largest absolute Gasteiger partial charge is 0.497 e. The van der Waals surface area contributed by atoms with Crippen LogP contribution >= 0.6 is 0 Å². The monoisotopic (exact) mass is 344 g/mol. The Balaban J connectivity index is 1.95. The Kier molecular flexibility index (Phi) is 4.70. The number of anilines is 1. The summed E-state index contributed by atoms with van der Waals surface area (Å²) < 4.78 is 16.8. The number of rotatable bonds is 6. The second-order valence-electron chi connectivity index (χ2n) is 5.09. The van der Waals surface area contributed by atoms with Crippen LogP contribution in [0.1, 0.15) is 21.8 Å². The number of aryl methyl sites for hydroxylation is 1. The Morgan fingerprint density at radius 2 is 2.20 bits per heavy atom. The van der Waals surface area contributed by atoms with Gasteiger partial charge in [0.25, 0.3) is 5.91 Å². The number of carbonyl (C=O) groups is 1. The Morgan fingerprint density at radius 3 is 2.88 bits per heavy atom. The third-order valence-electron chi connectivity index (χ3n) is 3.54. The standard InChI is InChI=1S/C15H16N6O4/c1-9-11(7-23-2)14(18-25-9)15(22)17-12-6-10(24-3)4-5-13(12)21-8-16-19-20-21/h4-6,8H,7H2,1-3H3,(H,17,22). The van der Waals surface area contributed by atoms with Gasteiger partial charge in [-0.15, -0.1) is 5.10 Å². The highest BCUT2D eigenvalue weighted by Gasteiger charge is 2.21. The fourth-order valence-electron chi connectivity index (χ4n) is 2.28. The number of aromatic nitrogens is 5. The van der Waals surface area contributed by atoms with Gasteiger partial charge in [0.2, 0.25) is 0 Å². The van der Waals surface area contributed by atoms with Crippen molar-refractivity contribution in [1.29, 1.82) is 0 Å². The van der Waals surface area contributed by atoms with E-state index in [0.29, 0.717) is 28.4 Å². The van der Waals surface area contributed by atoms with Gasteiger partial charge < -0.3 is 19.3 Å². The molecule has 2 heterocycles. The third-order valence-corrected chi connectivity index (χ3v) is 3.54. The van der Waals surface area contributed by atoms with Gasteiger partial charge in [-0.2, -0.15) is 4.68 Å². The van der Waals surface area contributed by atoms with Gasteiger partial charge in [-0.05, 0) is 29.5 Å². The molecule has 0 unspecified atom stereocenters. The quantitative estimate of drug-likeness (QED) is 0.712. The highest BCUT2D eigenvalue weighted by molar-refractivity contribution is 6.05. The fourth-order valence-corrected chi connectivity index (χ4v) is 2.28. The van der Waals surface area contributed by atoms with E-state index in [0.717, 1.165) is 0 Å². The number of nitrogens with one attached hydrogen (secondary N) is 1. The van der Waals surface area contributed by atoms with E-state index in [1.807, 2.05) is 0 Å². The van der Waals surface area contributed by atoms with E-state index in [-0.39, 0.29) is 12.3 Å². The van der Waals surface area contributed by atoms with E-state index in [4.69, 9.17) is 14.0 Å². The van der Waals surface area contributed by atoms with Crippen LogP contribution in [0.4, 0.5) is 5.69 Å². The first kappa shape index (κ1) is 16.6. The van der Waals surface area contributed by atoms with Gasteiger partial charge in [-0.3, -0.25) is 4.79 Å². The topological polar surface area (TPSA) is 117 Å². The van der Waals surface area contributed by atoms with Crippen LogP contribution < -0.4 is 10.1 Å². The molecule has 3 rings (SSSR count). The van der Waals surface area contributed by atoms with E-state index in [2.05, 4.69) is 26.0 Å². The van der Waals surface area contributed by atoms with Crippen molar-refractivity contribution in [1.82, 2.24) is 25.4 Å². The average Bonchev–Trinajstić information content (AvgIpc) is 3.26. The number of nitrogens with zero attached hydrogens (tertiary/aromatic N) is 5. The lowest BCUT2D eigenvalue weighted by Crippen LogP contribution is -2.16. The van der Waals surface area contributed by atoms with Crippen molar-refractivity contribution in [3.8, 4) is 11.4 Å². The number of hydrogen-bond donors (Lipinski definition) is 1. The van der Waals surface area contributed by atoms with Gasteiger partial charge >= 0.3 is 0 Å². The van der Waals surface area contributed by atoms with Gasteiger partial charge in [-0.25, -0.2) is 0 Å². The normalized spacial score (nSPS) is 10.7. The van der Waals surface area contributed by atoms with Crippen molar-refractivity contribution in [2.24, 2.45) is 0 Å². The van der Waals surface area contributed by atoms with Crippen molar-refractivity contribution in [3.63, 3.8) is 0 Å². The number of hydrogen-bond acceptors (Lipinski definition) is 8. The van der Waals surface area contributed by atoms with E-state index in [9.17, 15) is 4.79 Å². The summed E-state index contributed by atoms with van der Waals surface area (Å²) >= 11 is 0. The Hall–Kier alpha value is -3.27. The molecule has 0 radical (unpaired) electrons. The lowest BCUT2D eigenvalue weighted by molar-refractivity contribution is 0.101. The molecule has 0 fully saturated rings. The highest BCUT2D eigenvalue weighted by Crippen LogP contribution is 2.26. The summed E-state index contributed by atoms with van der Waals surface area (Å²) in [6.07, 6.45) is 1.42. The Labute approximate surface area is 142 Å². The lowest BCUT2D eigenvalue weighted by atomic mass is 10.2. The zero-order valence-corrected chi connectivity index (χ0v) is 13.9. The number of ether oxygens (including phenoxy) is 2. The van der Waals surface area contributed by atoms with Crippen molar-refractivity contribution < 1.29 is 18.8 Å². The van der Waals surface area contributed by atoms with Crippen molar-refractivity contribution in [2.45, 2.75) is 13.5 Å². The molecule has 25 heavy (non-hydrogen) atoms. The predicted octanol–water partition coefficient (Wildman–Crippen LogP) is 1.37. The van der Waals surface area contributed by atoms with Crippen molar-refractivity contribution in [2.75, 3.05) is 19.5 Å². The molecule has 1 aromatic carbocycles. The maximum atomic E-state index is 12.7. The van der Waals surface area contributed by atoms with E-state index >= 15 is 0 Å². The Bertz CT molecular complexity index is 874. The molecule has 0 saturated heterocycles. The molecule has 0 spiro atoms. The lowest BCUT2D eigenvalue weighted by Gasteiger charge is -2.11. The first-order valence-corrected chi connectivity index (χ1v) is 7.31.